The van der Waals surface area contributed by atoms with Crippen molar-refractivity contribution in [2.75, 3.05) is 0 Å². The molecular weight excluding hydrogens is 434 g/mol. The van der Waals surface area contributed by atoms with E-state index in [2.05, 4.69) is 14.5 Å². The van der Waals surface area contributed by atoms with Gasteiger partial charge in [-0.15, -0.1) is 26.3 Å². The van der Waals surface area contributed by atoms with E-state index in [1.807, 2.05) is 0 Å². The van der Waals surface area contributed by atoms with Gasteiger partial charge in [-0.3, -0.25) is 10.1 Å². The maximum Gasteiger partial charge on any atom is 0.573 e. The lowest BCUT2D eigenvalue weighted by Crippen LogP contribution is -2.17. The van der Waals surface area contributed by atoms with Crippen molar-refractivity contribution in [3.8, 4) is 33.9 Å². The maximum absolute atomic E-state index is 12.4. The van der Waals surface area contributed by atoms with Crippen molar-refractivity contribution in [1.29, 1.82) is 0 Å². The van der Waals surface area contributed by atoms with Crippen LogP contribution in [0, 0.1) is 10.1 Å². The van der Waals surface area contributed by atoms with Crippen molar-refractivity contribution < 1.29 is 40.7 Å². The summed E-state index contributed by atoms with van der Waals surface area (Å²) in [6.07, 6.45) is -8.73. The molecule has 31 heavy (non-hydrogen) atoms. The first kappa shape index (κ1) is 21.9. The van der Waals surface area contributed by atoms with Gasteiger partial charge < -0.3 is 9.47 Å². The van der Waals surface area contributed by atoms with Gasteiger partial charge in [0, 0.05) is 23.4 Å². The van der Waals surface area contributed by atoms with E-state index in [1.54, 1.807) is 0 Å². The molecule has 0 aliphatic heterocycles. The molecule has 1 aromatic heterocycles. The molecule has 0 amide bonds. The highest BCUT2D eigenvalue weighted by Gasteiger charge is 2.32. The zero-order valence-electron chi connectivity index (χ0n) is 15.1. The van der Waals surface area contributed by atoms with Gasteiger partial charge in [0.15, 0.2) is 0 Å². The average Bonchev–Trinajstić information content (AvgIpc) is 2.65. The van der Waals surface area contributed by atoms with Gasteiger partial charge in [0.2, 0.25) is 0 Å². The van der Waals surface area contributed by atoms with Gasteiger partial charge in [-0.05, 0) is 29.8 Å². The molecule has 0 bridgehead atoms. The van der Waals surface area contributed by atoms with Crippen molar-refractivity contribution in [3.05, 3.63) is 70.9 Å². The summed E-state index contributed by atoms with van der Waals surface area (Å²) < 4.78 is 82.2. The van der Waals surface area contributed by atoms with Crippen LogP contribution in [-0.4, -0.2) is 22.6 Å². The molecule has 0 radical (unpaired) electrons. The van der Waals surface area contributed by atoms with E-state index in [-0.39, 0.29) is 22.4 Å². The van der Waals surface area contributed by atoms with Crippen LogP contribution in [0.1, 0.15) is 0 Å². The minimum atomic E-state index is -4.95. The van der Waals surface area contributed by atoms with E-state index in [1.165, 1.54) is 24.3 Å². The van der Waals surface area contributed by atoms with E-state index in [9.17, 15) is 36.5 Å². The fourth-order valence-corrected chi connectivity index (χ4v) is 2.69. The number of ether oxygens (including phenoxy) is 2. The summed E-state index contributed by atoms with van der Waals surface area (Å²) in [7, 11) is 0. The predicted octanol–water partition coefficient (Wildman–Crippen LogP) is 6.12. The second-order valence-corrected chi connectivity index (χ2v) is 6.00. The van der Waals surface area contributed by atoms with Gasteiger partial charge in [-0.25, -0.2) is 4.98 Å². The molecule has 2 aromatic carbocycles. The minimum absolute atomic E-state index is 0.0193. The van der Waals surface area contributed by atoms with Crippen molar-refractivity contribution in [3.63, 3.8) is 0 Å². The second-order valence-electron chi connectivity index (χ2n) is 6.00. The number of hydrogen-bond acceptors (Lipinski definition) is 5. The third-order valence-electron chi connectivity index (χ3n) is 3.81. The van der Waals surface area contributed by atoms with Crippen LogP contribution in [-0.2, 0) is 0 Å². The van der Waals surface area contributed by atoms with E-state index in [0.717, 1.165) is 36.5 Å². The van der Waals surface area contributed by atoms with Crippen LogP contribution in [0.3, 0.4) is 0 Å². The first-order valence-electron chi connectivity index (χ1n) is 8.28. The predicted molar refractivity (Wildman–Crippen MR) is 95.1 cm³/mol. The molecule has 0 spiro atoms. The average molecular weight is 444 g/mol. The Kier molecular flexibility index (Phi) is 5.73. The standard InChI is InChI=1S/C19H10F6N2O4/c20-18(21,22)30-14-5-1-3-11(7-14)13-9-16(27(28)29)17(26-10-13)12-4-2-6-15(8-12)31-19(23,24)25/h1-10H. The van der Waals surface area contributed by atoms with E-state index >= 15 is 0 Å². The molecule has 12 heteroatoms. The molecule has 3 aromatic rings. The highest BCUT2D eigenvalue weighted by atomic mass is 19.4. The third-order valence-corrected chi connectivity index (χ3v) is 3.81. The Morgan fingerprint density at radius 2 is 1.29 bits per heavy atom. The molecule has 0 saturated carbocycles. The van der Waals surface area contributed by atoms with Gasteiger partial charge in [0.25, 0.3) is 5.69 Å². The van der Waals surface area contributed by atoms with Crippen LogP contribution < -0.4 is 9.47 Å². The largest absolute Gasteiger partial charge is 0.573 e. The quantitative estimate of drug-likeness (QED) is 0.269. The van der Waals surface area contributed by atoms with Gasteiger partial charge >= 0.3 is 12.7 Å². The number of halogens is 6. The van der Waals surface area contributed by atoms with Crippen LogP contribution in [0.25, 0.3) is 22.4 Å². The number of rotatable bonds is 5. The normalized spacial score (nSPS) is 11.8. The van der Waals surface area contributed by atoms with Crippen LogP contribution >= 0.6 is 0 Å². The van der Waals surface area contributed by atoms with Gasteiger partial charge in [0.1, 0.15) is 17.2 Å². The summed E-state index contributed by atoms with van der Waals surface area (Å²) in [5.74, 6) is -1.13. The summed E-state index contributed by atoms with van der Waals surface area (Å²) in [6.45, 7) is 0. The Balaban J connectivity index is 2.01. The molecule has 0 aliphatic rings. The molecule has 3 rings (SSSR count). The molecule has 0 aliphatic carbocycles. The first-order chi connectivity index (χ1) is 14.4. The van der Waals surface area contributed by atoms with Gasteiger partial charge in [-0.1, -0.05) is 24.3 Å². The molecule has 1 heterocycles. The summed E-state index contributed by atoms with van der Waals surface area (Å²) in [6, 6.07) is 10.2. The van der Waals surface area contributed by atoms with E-state index in [4.69, 9.17) is 0 Å². The Bertz CT molecular complexity index is 1120. The van der Waals surface area contributed by atoms with Crippen LogP contribution in [0.15, 0.2) is 60.8 Å². The summed E-state index contributed by atoms with van der Waals surface area (Å²) in [5, 5.41) is 11.5. The zero-order valence-corrected chi connectivity index (χ0v) is 15.1. The van der Waals surface area contributed by atoms with Crippen LogP contribution in [0.4, 0.5) is 32.0 Å². The topological polar surface area (TPSA) is 74.5 Å². The van der Waals surface area contributed by atoms with E-state index < -0.39 is 34.8 Å². The monoisotopic (exact) mass is 444 g/mol. The molecule has 0 fully saturated rings. The Labute approximate surface area is 169 Å². The minimum Gasteiger partial charge on any atom is -0.406 e. The van der Waals surface area contributed by atoms with Crippen molar-refractivity contribution in [2.24, 2.45) is 0 Å². The molecule has 162 valence electrons. The number of hydrogen-bond donors (Lipinski definition) is 0. The Morgan fingerprint density at radius 3 is 1.81 bits per heavy atom. The lowest BCUT2D eigenvalue weighted by atomic mass is 10.0. The number of alkyl halides is 6. The summed E-state index contributed by atoms with van der Waals surface area (Å²) >= 11 is 0. The third kappa shape index (κ3) is 5.84. The molecule has 0 saturated heterocycles. The van der Waals surface area contributed by atoms with Gasteiger partial charge in [-0.2, -0.15) is 0 Å². The van der Waals surface area contributed by atoms with Gasteiger partial charge in [0.05, 0.1) is 4.92 Å². The Hall–Kier alpha value is -3.83. The number of nitrogens with zero attached hydrogens (tertiary/aromatic N) is 2. The van der Waals surface area contributed by atoms with Crippen molar-refractivity contribution >= 4 is 5.69 Å². The number of benzene rings is 2. The van der Waals surface area contributed by atoms with Crippen molar-refractivity contribution in [1.82, 2.24) is 4.98 Å². The first-order valence-corrected chi connectivity index (χ1v) is 8.28. The summed E-state index contributed by atoms with van der Waals surface area (Å²) in [5.41, 5.74) is -0.578. The number of nitro groups is 1. The molecule has 0 N–H and O–H groups in total. The molecule has 0 atom stereocenters. The number of pyridine rings is 1. The molecular formula is C19H10F6N2O4. The fourth-order valence-electron chi connectivity index (χ4n) is 2.69. The molecule has 0 unspecified atom stereocenters. The second kappa shape index (κ2) is 8.13. The van der Waals surface area contributed by atoms with Crippen molar-refractivity contribution in [2.45, 2.75) is 12.7 Å². The summed E-state index contributed by atoms with van der Waals surface area (Å²) in [4.78, 5) is 14.7. The lowest BCUT2D eigenvalue weighted by molar-refractivity contribution is -0.384. The highest BCUT2D eigenvalue weighted by Crippen LogP contribution is 2.35. The van der Waals surface area contributed by atoms with E-state index in [0.29, 0.717) is 0 Å². The van der Waals surface area contributed by atoms with Crippen LogP contribution in [0.2, 0.25) is 0 Å². The highest BCUT2D eigenvalue weighted by molar-refractivity contribution is 5.76. The number of aromatic nitrogens is 1. The SMILES string of the molecule is O=[N+]([O-])c1cc(-c2cccc(OC(F)(F)F)c2)cnc1-c1cccc(OC(F)(F)F)c1. The fraction of sp³-hybridized carbons (Fsp3) is 0.105. The zero-order chi connectivity index (χ0) is 22.8. The smallest absolute Gasteiger partial charge is 0.406 e. The van der Waals surface area contributed by atoms with Crippen LogP contribution in [0.5, 0.6) is 11.5 Å². The maximum atomic E-state index is 12.4. The lowest BCUT2D eigenvalue weighted by Gasteiger charge is -2.11. The molecule has 6 nitrogen and oxygen atoms in total. The Morgan fingerprint density at radius 1 is 0.774 bits per heavy atom.